The van der Waals surface area contributed by atoms with Crippen LogP contribution in [0.1, 0.15) is 31.6 Å². The van der Waals surface area contributed by atoms with Crippen molar-refractivity contribution in [3.63, 3.8) is 0 Å². The van der Waals surface area contributed by atoms with E-state index in [0.29, 0.717) is 12.2 Å². The van der Waals surface area contributed by atoms with E-state index in [1.807, 2.05) is 0 Å². The summed E-state index contributed by atoms with van der Waals surface area (Å²) in [6.07, 6.45) is 1.67. The number of nitrogens with zero attached hydrogens (tertiary/aromatic N) is 1. The molecule has 0 amide bonds. The molecule has 128 valence electrons. The fourth-order valence-electron chi connectivity index (χ4n) is 3.11. The number of nitrogens with one attached hydrogen (secondary N) is 1. The minimum atomic E-state index is -0.966. The van der Waals surface area contributed by atoms with Gasteiger partial charge in [-0.25, -0.2) is 4.79 Å². The van der Waals surface area contributed by atoms with Crippen LogP contribution in [0.5, 0.6) is 0 Å². The fraction of sp³-hybridized carbons (Fsp3) is 0.733. The number of aromatic amines is 1. The summed E-state index contributed by atoms with van der Waals surface area (Å²) in [5.41, 5.74) is -1.56. The van der Waals surface area contributed by atoms with Crippen LogP contribution in [0.15, 0.2) is 15.8 Å². The molecule has 1 aromatic heterocycles. The van der Waals surface area contributed by atoms with E-state index >= 15 is 0 Å². The molecule has 0 saturated carbocycles. The number of rotatable bonds is 6. The predicted octanol–water partition coefficient (Wildman–Crippen LogP) is -0.311. The van der Waals surface area contributed by atoms with E-state index in [1.54, 1.807) is 6.92 Å². The van der Waals surface area contributed by atoms with Gasteiger partial charge in [0.15, 0.2) is 6.23 Å². The van der Waals surface area contributed by atoms with Crippen molar-refractivity contribution < 1.29 is 19.3 Å². The molecule has 8 nitrogen and oxygen atoms in total. The minimum Gasteiger partial charge on any atom is -0.393 e. The third kappa shape index (κ3) is 2.65. The molecule has 2 aliphatic heterocycles. The maximum Gasteiger partial charge on any atom is 0.330 e. The minimum absolute atomic E-state index is 0.221. The molecule has 2 fully saturated rings. The van der Waals surface area contributed by atoms with Gasteiger partial charge in [0.05, 0.1) is 13.2 Å². The van der Waals surface area contributed by atoms with Gasteiger partial charge < -0.3 is 19.3 Å². The van der Waals surface area contributed by atoms with Gasteiger partial charge in [0.2, 0.25) is 0 Å². The average Bonchev–Trinajstić information content (AvgIpc) is 3.04. The molecule has 2 unspecified atom stereocenters. The van der Waals surface area contributed by atoms with Crippen LogP contribution in [-0.4, -0.2) is 52.3 Å². The molecule has 3 rings (SSSR count). The topological polar surface area (TPSA) is 103 Å². The Morgan fingerprint density at radius 3 is 3.00 bits per heavy atom. The van der Waals surface area contributed by atoms with E-state index in [9.17, 15) is 14.7 Å². The number of aryl methyl sites for hydroxylation is 1. The highest BCUT2D eigenvalue weighted by atomic mass is 16.7. The molecule has 23 heavy (non-hydrogen) atoms. The van der Waals surface area contributed by atoms with Crippen molar-refractivity contribution in [2.75, 3.05) is 19.8 Å². The summed E-state index contributed by atoms with van der Waals surface area (Å²) in [5.74, 6) is 0. The summed E-state index contributed by atoms with van der Waals surface area (Å²) in [4.78, 5) is 25.9. The number of ether oxygens (including phenoxy) is 3. The molecule has 2 bridgehead atoms. The third-order valence-corrected chi connectivity index (χ3v) is 4.46. The molecular weight excluding hydrogens is 304 g/mol. The van der Waals surface area contributed by atoms with Crippen LogP contribution in [0.25, 0.3) is 0 Å². The van der Waals surface area contributed by atoms with Crippen molar-refractivity contribution in [3.8, 4) is 0 Å². The van der Waals surface area contributed by atoms with Gasteiger partial charge in [-0.3, -0.25) is 14.3 Å². The Balaban J connectivity index is 1.90. The molecule has 0 aliphatic carbocycles. The zero-order chi connectivity index (χ0) is 16.6. The van der Waals surface area contributed by atoms with Crippen LogP contribution in [0.3, 0.4) is 0 Å². The number of fused-ring (bicyclic) bond motifs is 2. The number of aromatic nitrogens is 2. The number of aliphatic hydroxyl groups is 1. The number of aliphatic hydroxyl groups excluding tert-OH is 1. The maximum atomic E-state index is 12.1. The number of hydrogen-bond donors (Lipinski definition) is 2. The lowest BCUT2D eigenvalue weighted by atomic mass is 10.00. The first-order valence-electron chi connectivity index (χ1n) is 7.86. The fourth-order valence-corrected chi connectivity index (χ4v) is 3.11. The van der Waals surface area contributed by atoms with Crippen molar-refractivity contribution in [2.24, 2.45) is 0 Å². The second-order valence-electron chi connectivity index (χ2n) is 6.13. The van der Waals surface area contributed by atoms with Crippen molar-refractivity contribution in [3.05, 3.63) is 32.6 Å². The van der Waals surface area contributed by atoms with E-state index in [2.05, 4.69) is 11.9 Å². The maximum absolute atomic E-state index is 12.1. The lowest BCUT2D eigenvalue weighted by molar-refractivity contribution is -0.189. The zero-order valence-electron chi connectivity index (χ0n) is 13.3. The van der Waals surface area contributed by atoms with Gasteiger partial charge >= 0.3 is 5.69 Å². The molecule has 2 saturated heterocycles. The largest absolute Gasteiger partial charge is 0.393 e. The van der Waals surface area contributed by atoms with Crippen LogP contribution in [-0.2, 0) is 14.2 Å². The smallest absolute Gasteiger partial charge is 0.330 e. The summed E-state index contributed by atoms with van der Waals surface area (Å²) in [6, 6.07) is 0. The Bertz CT molecular complexity index is 683. The van der Waals surface area contributed by atoms with Gasteiger partial charge in [-0.15, -0.1) is 0 Å². The van der Waals surface area contributed by atoms with Crippen LogP contribution >= 0.6 is 0 Å². The molecule has 2 N–H and O–H groups in total. The van der Waals surface area contributed by atoms with Gasteiger partial charge in [0.1, 0.15) is 17.8 Å². The first-order chi connectivity index (χ1) is 11.0. The lowest BCUT2D eigenvalue weighted by Gasteiger charge is -2.30. The Morgan fingerprint density at radius 1 is 1.52 bits per heavy atom. The standard InChI is InChI=1S/C15H22N2O6/c1-3-4-5-21-11-10-13(23-15(11,7-18)8-22-10)17-6-9(2)12(19)16-14(17)20/h6,10-11,13,18H,3-5,7-8H2,1-2H3,(H,16,19,20)/t10?,11?,13-,15+/m1/s1. The number of hydrogen-bond acceptors (Lipinski definition) is 6. The van der Waals surface area contributed by atoms with Crippen LogP contribution in [0.4, 0.5) is 0 Å². The Morgan fingerprint density at radius 2 is 2.30 bits per heavy atom. The molecule has 1 aromatic rings. The lowest BCUT2D eigenvalue weighted by Crippen LogP contribution is -2.45. The van der Waals surface area contributed by atoms with E-state index in [0.717, 1.165) is 12.8 Å². The number of H-pyrrole nitrogens is 1. The predicted molar refractivity (Wildman–Crippen MR) is 80.4 cm³/mol. The van der Waals surface area contributed by atoms with Crippen molar-refractivity contribution in [1.29, 1.82) is 0 Å². The summed E-state index contributed by atoms with van der Waals surface area (Å²) >= 11 is 0. The van der Waals surface area contributed by atoms with Crippen molar-refractivity contribution in [2.45, 2.75) is 50.7 Å². The molecule has 4 atom stereocenters. The van der Waals surface area contributed by atoms with Gasteiger partial charge in [0.25, 0.3) is 5.56 Å². The highest BCUT2D eigenvalue weighted by molar-refractivity contribution is 5.10. The normalized spacial score (nSPS) is 32.6. The summed E-state index contributed by atoms with van der Waals surface area (Å²) in [6.45, 7) is 4.18. The second kappa shape index (κ2) is 6.20. The molecule has 0 radical (unpaired) electrons. The Labute approximate surface area is 133 Å². The first kappa shape index (κ1) is 16.4. The Kier molecular flexibility index (Phi) is 4.41. The summed E-state index contributed by atoms with van der Waals surface area (Å²) in [5, 5.41) is 9.77. The molecule has 2 aliphatic rings. The van der Waals surface area contributed by atoms with E-state index < -0.39 is 35.3 Å². The van der Waals surface area contributed by atoms with Crippen LogP contribution in [0, 0.1) is 6.92 Å². The molecular formula is C15H22N2O6. The highest BCUT2D eigenvalue weighted by Crippen LogP contribution is 2.45. The SMILES string of the molecule is CCCCOC1C2OC[C@]1(CO)O[C@H]2n1cc(C)c(=O)[nH]c1=O. The highest BCUT2D eigenvalue weighted by Gasteiger charge is 2.62. The van der Waals surface area contributed by atoms with Crippen LogP contribution in [0.2, 0.25) is 0 Å². The van der Waals surface area contributed by atoms with E-state index in [1.165, 1.54) is 10.8 Å². The van der Waals surface area contributed by atoms with Gasteiger partial charge in [-0.05, 0) is 13.3 Å². The van der Waals surface area contributed by atoms with Crippen molar-refractivity contribution in [1.82, 2.24) is 9.55 Å². The van der Waals surface area contributed by atoms with Gasteiger partial charge in [-0.2, -0.15) is 0 Å². The zero-order valence-corrected chi connectivity index (χ0v) is 13.3. The molecule has 3 heterocycles. The Hall–Kier alpha value is -1.48. The van der Waals surface area contributed by atoms with Gasteiger partial charge in [0, 0.05) is 18.4 Å². The molecule has 0 aromatic carbocycles. The average molecular weight is 326 g/mol. The van der Waals surface area contributed by atoms with Crippen molar-refractivity contribution >= 4 is 0 Å². The molecule has 0 spiro atoms. The van der Waals surface area contributed by atoms with Crippen LogP contribution < -0.4 is 11.2 Å². The third-order valence-electron chi connectivity index (χ3n) is 4.46. The van der Waals surface area contributed by atoms with E-state index in [4.69, 9.17) is 14.2 Å². The number of unbranched alkanes of at least 4 members (excludes halogenated alkanes) is 1. The molecule has 8 heteroatoms. The monoisotopic (exact) mass is 326 g/mol. The van der Waals surface area contributed by atoms with Gasteiger partial charge in [-0.1, -0.05) is 13.3 Å². The van der Waals surface area contributed by atoms with E-state index in [-0.39, 0.29) is 13.2 Å². The summed E-state index contributed by atoms with van der Waals surface area (Å²) < 4.78 is 18.8. The first-order valence-corrected chi connectivity index (χ1v) is 7.86. The second-order valence-corrected chi connectivity index (χ2v) is 6.13. The summed E-state index contributed by atoms with van der Waals surface area (Å²) in [7, 11) is 0. The quantitative estimate of drug-likeness (QED) is 0.695.